The van der Waals surface area contributed by atoms with Gasteiger partial charge in [0.2, 0.25) is 0 Å². The van der Waals surface area contributed by atoms with Gasteiger partial charge in [0.15, 0.2) is 0 Å². The van der Waals surface area contributed by atoms with Crippen molar-refractivity contribution >= 4 is 5.82 Å². The molecule has 0 aliphatic carbocycles. The Morgan fingerprint density at radius 2 is 1.94 bits per heavy atom. The third-order valence-corrected chi connectivity index (χ3v) is 2.77. The molecule has 88 valence electrons. The highest BCUT2D eigenvalue weighted by Gasteiger charge is 2.09. The summed E-state index contributed by atoms with van der Waals surface area (Å²) in [4.78, 5) is 8.32. The summed E-state index contributed by atoms with van der Waals surface area (Å²) in [7, 11) is 1.80. The number of rotatable bonds is 2. The van der Waals surface area contributed by atoms with Crippen LogP contribution in [0.1, 0.15) is 11.1 Å². The van der Waals surface area contributed by atoms with E-state index in [0.717, 1.165) is 22.6 Å². The monoisotopic (exact) mass is 231 g/mol. The second kappa shape index (κ2) is 4.49. The molecule has 0 bridgehead atoms. The molecule has 3 nitrogen and oxygen atoms in total. The highest BCUT2D eigenvalue weighted by atomic mass is 19.1. The summed E-state index contributed by atoms with van der Waals surface area (Å²) < 4.78 is 13.5. The molecule has 0 radical (unpaired) electrons. The third kappa shape index (κ3) is 2.11. The summed E-state index contributed by atoms with van der Waals surface area (Å²) in [5.74, 6) is 0.544. The zero-order chi connectivity index (χ0) is 12.4. The van der Waals surface area contributed by atoms with Gasteiger partial charge >= 0.3 is 0 Å². The van der Waals surface area contributed by atoms with Crippen LogP contribution in [-0.4, -0.2) is 17.0 Å². The first-order valence-corrected chi connectivity index (χ1v) is 5.39. The van der Waals surface area contributed by atoms with Crippen molar-refractivity contribution in [3.05, 3.63) is 41.5 Å². The lowest BCUT2D eigenvalue weighted by molar-refractivity contribution is 0.619. The average Bonchev–Trinajstić information content (AvgIpc) is 2.33. The lowest BCUT2D eigenvalue weighted by Crippen LogP contribution is -1.99. The van der Waals surface area contributed by atoms with Crippen LogP contribution in [0.5, 0.6) is 0 Å². The maximum absolute atomic E-state index is 13.5. The second-order valence-corrected chi connectivity index (χ2v) is 3.91. The Balaban J connectivity index is 2.56. The zero-order valence-corrected chi connectivity index (χ0v) is 10.1. The molecular formula is C13H14FN3. The van der Waals surface area contributed by atoms with E-state index in [1.165, 1.54) is 12.4 Å². The molecule has 17 heavy (non-hydrogen) atoms. The van der Waals surface area contributed by atoms with Crippen molar-refractivity contribution in [2.75, 3.05) is 12.4 Å². The first-order chi connectivity index (χ1) is 8.13. The van der Waals surface area contributed by atoms with Crippen molar-refractivity contribution in [1.82, 2.24) is 9.97 Å². The zero-order valence-electron chi connectivity index (χ0n) is 10.1. The van der Waals surface area contributed by atoms with Crippen LogP contribution in [0.3, 0.4) is 0 Å². The fourth-order valence-electron chi connectivity index (χ4n) is 1.73. The Morgan fingerprint density at radius 1 is 1.18 bits per heavy atom. The number of halogens is 1. The minimum absolute atomic E-state index is 0.216. The fraction of sp³-hybridized carbons (Fsp3) is 0.231. The van der Waals surface area contributed by atoms with E-state index in [0.29, 0.717) is 5.56 Å². The summed E-state index contributed by atoms with van der Waals surface area (Å²) >= 11 is 0. The minimum Gasteiger partial charge on any atom is -0.373 e. The highest BCUT2D eigenvalue weighted by molar-refractivity contribution is 5.67. The molecule has 0 saturated heterocycles. The largest absolute Gasteiger partial charge is 0.373 e. The molecule has 1 aromatic heterocycles. The quantitative estimate of drug-likeness (QED) is 0.863. The van der Waals surface area contributed by atoms with Crippen molar-refractivity contribution in [3.8, 4) is 11.3 Å². The van der Waals surface area contributed by atoms with Crippen molar-refractivity contribution in [2.45, 2.75) is 13.8 Å². The highest BCUT2D eigenvalue weighted by Crippen LogP contribution is 2.25. The van der Waals surface area contributed by atoms with E-state index in [-0.39, 0.29) is 5.82 Å². The van der Waals surface area contributed by atoms with Crippen LogP contribution in [0.4, 0.5) is 10.2 Å². The number of benzene rings is 1. The predicted molar refractivity (Wildman–Crippen MR) is 66.4 cm³/mol. The number of hydrogen-bond acceptors (Lipinski definition) is 3. The Labute approximate surface area is 99.7 Å². The molecule has 2 aromatic rings. The number of aromatic nitrogens is 2. The molecular weight excluding hydrogens is 217 g/mol. The summed E-state index contributed by atoms with van der Waals surface area (Å²) in [5.41, 5.74) is 3.07. The van der Waals surface area contributed by atoms with E-state index >= 15 is 0 Å². The van der Waals surface area contributed by atoms with Crippen molar-refractivity contribution in [1.29, 1.82) is 0 Å². The summed E-state index contributed by atoms with van der Waals surface area (Å²) in [6, 6.07) is 5.13. The van der Waals surface area contributed by atoms with Gasteiger partial charge in [-0.15, -0.1) is 0 Å². The molecule has 0 aliphatic rings. The number of nitrogens with one attached hydrogen (secondary N) is 1. The van der Waals surface area contributed by atoms with E-state index < -0.39 is 0 Å². The van der Waals surface area contributed by atoms with Crippen molar-refractivity contribution in [2.24, 2.45) is 0 Å². The van der Waals surface area contributed by atoms with Gasteiger partial charge < -0.3 is 5.32 Å². The molecule has 4 heteroatoms. The van der Waals surface area contributed by atoms with Gasteiger partial charge in [0.1, 0.15) is 18.0 Å². The Morgan fingerprint density at radius 3 is 2.59 bits per heavy atom. The van der Waals surface area contributed by atoms with Crippen LogP contribution in [0.15, 0.2) is 24.5 Å². The van der Waals surface area contributed by atoms with Crippen LogP contribution in [0.25, 0.3) is 11.3 Å². The Bertz CT molecular complexity index is 552. The first kappa shape index (κ1) is 11.5. The molecule has 0 fully saturated rings. The van der Waals surface area contributed by atoms with Gasteiger partial charge in [0.05, 0.1) is 5.69 Å². The molecule has 0 unspecified atom stereocenters. The molecule has 0 saturated carbocycles. The maximum atomic E-state index is 13.5. The van der Waals surface area contributed by atoms with Crippen LogP contribution >= 0.6 is 0 Å². The molecule has 0 aliphatic heterocycles. The summed E-state index contributed by atoms with van der Waals surface area (Å²) in [6.45, 7) is 3.66. The maximum Gasteiger partial charge on any atom is 0.132 e. The minimum atomic E-state index is -0.216. The smallest absolute Gasteiger partial charge is 0.132 e. The van der Waals surface area contributed by atoms with Crippen LogP contribution < -0.4 is 5.32 Å². The topological polar surface area (TPSA) is 37.8 Å². The Kier molecular flexibility index (Phi) is 3.04. The second-order valence-electron chi connectivity index (χ2n) is 3.91. The predicted octanol–water partition coefficient (Wildman–Crippen LogP) is 2.94. The molecule has 0 spiro atoms. The van der Waals surface area contributed by atoms with Gasteiger partial charge in [-0.25, -0.2) is 14.4 Å². The molecule has 1 aromatic carbocycles. The van der Waals surface area contributed by atoms with Gasteiger partial charge in [-0.3, -0.25) is 0 Å². The summed E-state index contributed by atoms with van der Waals surface area (Å²) in [6.07, 6.45) is 1.48. The van der Waals surface area contributed by atoms with Crippen molar-refractivity contribution < 1.29 is 4.39 Å². The van der Waals surface area contributed by atoms with Gasteiger partial charge in [0, 0.05) is 18.2 Å². The van der Waals surface area contributed by atoms with Gasteiger partial charge in [-0.1, -0.05) is 12.1 Å². The molecule has 2 rings (SSSR count). The van der Waals surface area contributed by atoms with Gasteiger partial charge in [-0.05, 0) is 25.5 Å². The number of nitrogens with zero attached hydrogens (tertiary/aromatic N) is 2. The summed E-state index contributed by atoms with van der Waals surface area (Å²) in [5, 5.41) is 2.99. The van der Waals surface area contributed by atoms with Gasteiger partial charge in [0.25, 0.3) is 0 Å². The van der Waals surface area contributed by atoms with Crippen LogP contribution in [-0.2, 0) is 0 Å². The molecule has 0 atom stereocenters. The van der Waals surface area contributed by atoms with Crippen LogP contribution in [0.2, 0.25) is 0 Å². The third-order valence-electron chi connectivity index (χ3n) is 2.77. The van der Waals surface area contributed by atoms with E-state index in [2.05, 4.69) is 15.3 Å². The number of hydrogen-bond donors (Lipinski definition) is 1. The van der Waals surface area contributed by atoms with Gasteiger partial charge in [-0.2, -0.15) is 0 Å². The van der Waals surface area contributed by atoms with E-state index in [1.54, 1.807) is 20.0 Å². The number of anilines is 1. The first-order valence-electron chi connectivity index (χ1n) is 5.39. The molecule has 1 heterocycles. The SMILES string of the molecule is CNc1ncnc(-c2ccc(C)c(F)c2)c1C. The standard InChI is InChI=1S/C13H14FN3/c1-8-4-5-10(6-11(8)14)12-9(2)13(15-3)17-7-16-12/h4-7H,1-3H3,(H,15,16,17). The number of aryl methyl sites for hydroxylation is 1. The van der Waals surface area contributed by atoms with E-state index in [9.17, 15) is 4.39 Å². The fourth-order valence-corrected chi connectivity index (χ4v) is 1.73. The molecule has 1 N–H and O–H groups in total. The van der Waals surface area contributed by atoms with Crippen LogP contribution in [0, 0.1) is 19.7 Å². The normalized spacial score (nSPS) is 10.4. The molecule has 0 amide bonds. The van der Waals surface area contributed by atoms with Crippen molar-refractivity contribution in [3.63, 3.8) is 0 Å². The van der Waals surface area contributed by atoms with E-state index in [4.69, 9.17) is 0 Å². The lowest BCUT2D eigenvalue weighted by atomic mass is 10.1. The van der Waals surface area contributed by atoms with E-state index in [1.807, 2.05) is 13.0 Å². The Hall–Kier alpha value is -1.97. The lowest BCUT2D eigenvalue weighted by Gasteiger charge is -2.09. The average molecular weight is 231 g/mol.